The Bertz CT molecular complexity index is 659. The normalized spacial score (nSPS) is 12.1. The maximum atomic E-state index is 12.6. The average molecular weight is 318 g/mol. The van der Waals surface area contributed by atoms with Gasteiger partial charge < -0.3 is 14.8 Å². The van der Waals surface area contributed by atoms with Crippen LogP contribution in [0.1, 0.15) is 41.9 Å². The Morgan fingerprint density at radius 1 is 1.17 bits per heavy atom. The van der Waals surface area contributed by atoms with Crippen molar-refractivity contribution in [3.63, 3.8) is 0 Å². The van der Waals surface area contributed by atoms with Gasteiger partial charge in [-0.25, -0.2) is 4.98 Å². The van der Waals surface area contributed by atoms with Crippen molar-refractivity contribution < 1.29 is 14.3 Å². The molecule has 7 heteroatoms. The predicted octanol–water partition coefficient (Wildman–Crippen LogP) is 2.26. The van der Waals surface area contributed by atoms with Gasteiger partial charge in [-0.3, -0.25) is 9.89 Å². The van der Waals surface area contributed by atoms with Crippen LogP contribution in [0.3, 0.4) is 0 Å². The molecule has 0 aliphatic heterocycles. The number of hydrogen-bond acceptors (Lipinski definition) is 5. The van der Waals surface area contributed by atoms with Crippen LogP contribution in [-0.4, -0.2) is 35.3 Å². The molecular weight excluding hydrogens is 296 g/mol. The minimum absolute atomic E-state index is 0.140. The van der Waals surface area contributed by atoms with Crippen molar-refractivity contribution in [2.24, 2.45) is 5.92 Å². The molecule has 1 aromatic heterocycles. The quantitative estimate of drug-likeness (QED) is 0.853. The van der Waals surface area contributed by atoms with Crippen molar-refractivity contribution in [1.82, 2.24) is 20.5 Å². The number of aryl methyl sites for hydroxylation is 1. The van der Waals surface area contributed by atoms with Gasteiger partial charge in [0.1, 0.15) is 17.3 Å². The van der Waals surface area contributed by atoms with E-state index in [1.807, 2.05) is 20.8 Å². The zero-order valence-corrected chi connectivity index (χ0v) is 14.0. The highest BCUT2D eigenvalue weighted by atomic mass is 16.5. The molecule has 1 aromatic carbocycles. The molecule has 2 rings (SSSR count). The van der Waals surface area contributed by atoms with E-state index in [1.165, 1.54) is 0 Å². The maximum absolute atomic E-state index is 12.6. The summed E-state index contributed by atoms with van der Waals surface area (Å²) in [7, 11) is 3.09. The van der Waals surface area contributed by atoms with Crippen LogP contribution in [0.25, 0.3) is 0 Å². The number of ether oxygens (including phenoxy) is 2. The maximum Gasteiger partial charge on any atom is 0.252 e. The molecule has 0 saturated heterocycles. The van der Waals surface area contributed by atoms with Crippen LogP contribution < -0.4 is 14.8 Å². The van der Waals surface area contributed by atoms with E-state index < -0.39 is 0 Å². The summed E-state index contributed by atoms with van der Waals surface area (Å²) >= 11 is 0. The van der Waals surface area contributed by atoms with Crippen molar-refractivity contribution >= 4 is 5.91 Å². The van der Waals surface area contributed by atoms with E-state index in [4.69, 9.17) is 9.47 Å². The van der Waals surface area contributed by atoms with Gasteiger partial charge in [-0.2, -0.15) is 5.10 Å². The van der Waals surface area contributed by atoms with Crippen molar-refractivity contribution in [3.8, 4) is 11.5 Å². The summed E-state index contributed by atoms with van der Waals surface area (Å²) in [6, 6.07) is 4.76. The van der Waals surface area contributed by atoms with Gasteiger partial charge in [0, 0.05) is 11.6 Å². The number of aromatic amines is 1. The van der Waals surface area contributed by atoms with E-state index in [0.717, 1.165) is 0 Å². The van der Waals surface area contributed by atoms with Gasteiger partial charge in [-0.1, -0.05) is 13.8 Å². The second kappa shape index (κ2) is 7.13. The Balaban J connectivity index is 2.25. The Kier molecular flexibility index (Phi) is 5.20. The number of benzene rings is 1. The molecule has 0 aliphatic carbocycles. The highest BCUT2D eigenvalue weighted by Crippen LogP contribution is 2.24. The van der Waals surface area contributed by atoms with Crippen LogP contribution >= 0.6 is 0 Å². The Hall–Kier alpha value is -2.57. The molecule has 1 amide bonds. The van der Waals surface area contributed by atoms with E-state index in [-0.39, 0.29) is 17.9 Å². The van der Waals surface area contributed by atoms with Crippen LogP contribution in [0.2, 0.25) is 0 Å². The molecule has 0 saturated carbocycles. The molecule has 0 bridgehead atoms. The highest BCUT2D eigenvalue weighted by Gasteiger charge is 2.23. The van der Waals surface area contributed by atoms with Gasteiger partial charge in [-0.15, -0.1) is 0 Å². The van der Waals surface area contributed by atoms with Gasteiger partial charge in [0.15, 0.2) is 5.82 Å². The minimum Gasteiger partial charge on any atom is -0.497 e. The van der Waals surface area contributed by atoms with Gasteiger partial charge >= 0.3 is 0 Å². The van der Waals surface area contributed by atoms with E-state index in [0.29, 0.717) is 28.7 Å². The summed E-state index contributed by atoms with van der Waals surface area (Å²) in [5.74, 6) is 2.31. The number of carbonyl (C=O) groups is 1. The number of carbonyl (C=O) groups excluding carboxylic acids is 1. The monoisotopic (exact) mass is 318 g/mol. The molecule has 0 aliphatic rings. The SMILES string of the molecule is COc1cc(OC)cc(C(=O)NC(c2n[nH]c(C)n2)C(C)C)c1. The lowest BCUT2D eigenvalue weighted by molar-refractivity contribution is 0.0922. The number of H-pyrrole nitrogens is 1. The van der Waals surface area contributed by atoms with Crippen LogP contribution in [0.15, 0.2) is 18.2 Å². The van der Waals surface area contributed by atoms with E-state index in [2.05, 4.69) is 20.5 Å². The molecule has 1 atom stereocenters. The first kappa shape index (κ1) is 16.8. The zero-order chi connectivity index (χ0) is 17.0. The number of nitrogens with zero attached hydrogens (tertiary/aromatic N) is 2. The summed E-state index contributed by atoms with van der Waals surface area (Å²) < 4.78 is 10.4. The van der Waals surface area contributed by atoms with E-state index in [1.54, 1.807) is 32.4 Å². The molecule has 124 valence electrons. The molecule has 0 fully saturated rings. The average Bonchev–Trinajstić information content (AvgIpc) is 2.97. The Morgan fingerprint density at radius 2 is 1.78 bits per heavy atom. The first-order valence-corrected chi connectivity index (χ1v) is 7.37. The van der Waals surface area contributed by atoms with Gasteiger partial charge in [0.25, 0.3) is 5.91 Å². The first-order valence-electron chi connectivity index (χ1n) is 7.37. The molecular formula is C16H22N4O3. The molecule has 2 N–H and O–H groups in total. The summed E-state index contributed by atoms with van der Waals surface area (Å²) in [4.78, 5) is 16.9. The standard InChI is InChI=1S/C16H22N4O3/c1-9(2)14(15-17-10(3)19-20-15)18-16(21)11-6-12(22-4)8-13(7-11)23-5/h6-9,14H,1-5H3,(H,18,21)(H,17,19,20). The van der Waals surface area contributed by atoms with E-state index in [9.17, 15) is 4.79 Å². The van der Waals surface area contributed by atoms with Gasteiger partial charge in [-0.05, 0) is 25.0 Å². The van der Waals surface area contributed by atoms with Crippen molar-refractivity contribution in [3.05, 3.63) is 35.4 Å². The lowest BCUT2D eigenvalue weighted by Crippen LogP contribution is -2.32. The second-order valence-corrected chi connectivity index (χ2v) is 5.58. The number of rotatable bonds is 6. The molecule has 0 radical (unpaired) electrons. The smallest absolute Gasteiger partial charge is 0.252 e. The predicted molar refractivity (Wildman–Crippen MR) is 85.7 cm³/mol. The molecule has 1 heterocycles. The fourth-order valence-electron chi connectivity index (χ4n) is 2.19. The van der Waals surface area contributed by atoms with Crippen molar-refractivity contribution in [1.29, 1.82) is 0 Å². The van der Waals surface area contributed by atoms with Gasteiger partial charge in [0.05, 0.1) is 20.3 Å². The number of aromatic nitrogens is 3. The fraction of sp³-hybridized carbons (Fsp3) is 0.438. The van der Waals surface area contributed by atoms with Crippen LogP contribution in [0.5, 0.6) is 11.5 Å². The third-order valence-corrected chi connectivity index (χ3v) is 3.46. The molecule has 7 nitrogen and oxygen atoms in total. The van der Waals surface area contributed by atoms with Crippen LogP contribution in [0.4, 0.5) is 0 Å². The van der Waals surface area contributed by atoms with Crippen LogP contribution in [0, 0.1) is 12.8 Å². The summed E-state index contributed by atoms with van der Waals surface area (Å²) in [5.41, 5.74) is 0.458. The minimum atomic E-state index is -0.287. The lowest BCUT2D eigenvalue weighted by Gasteiger charge is -2.19. The zero-order valence-electron chi connectivity index (χ0n) is 14.0. The third-order valence-electron chi connectivity index (χ3n) is 3.46. The second-order valence-electron chi connectivity index (χ2n) is 5.58. The Morgan fingerprint density at radius 3 is 2.22 bits per heavy atom. The number of methoxy groups -OCH3 is 2. The van der Waals surface area contributed by atoms with E-state index >= 15 is 0 Å². The third kappa shape index (κ3) is 4.00. The van der Waals surface area contributed by atoms with Crippen molar-refractivity contribution in [2.75, 3.05) is 14.2 Å². The van der Waals surface area contributed by atoms with Crippen molar-refractivity contribution in [2.45, 2.75) is 26.8 Å². The summed E-state index contributed by atoms with van der Waals surface area (Å²) in [5, 5.41) is 9.92. The van der Waals surface area contributed by atoms with Gasteiger partial charge in [0.2, 0.25) is 0 Å². The fourth-order valence-corrected chi connectivity index (χ4v) is 2.19. The summed E-state index contributed by atoms with van der Waals surface area (Å²) in [6.45, 7) is 5.83. The number of nitrogens with one attached hydrogen (secondary N) is 2. The van der Waals surface area contributed by atoms with Crippen LogP contribution in [-0.2, 0) is 0 Å². The molecule has 2 aromatic rings. The molecule has 23 heavy (non-hydrogen) atoms. The topological polar surface area (TPSA) is 89.1 Å². The molecule has 1 unspecified atom stereocenters. The largest absolute Gasteiger partial charge is 0.497 e. The first-order chi connectivity index (χ1) is 10.9. The lowest BCUT2D eigenvalue weighted by atomic mass is 10.0. The highest BCUT2D eigenvalue weighted by molar-refractivity contribution is 5.95. The Labute approximate surface area is 135 Å². The molecule has 0 spiro atoms. The summed E-state index contributed by atoms with van der Waals surface area (Å²) in [6.07, 6.45) is 0. The number of hydrogen-bond donors (Lipinski definition) is 2. The number of amides is 1.